The maximum absolute atomic E-state index is 5.35. The number of ether oxygens (including phenoxy) is 1. The highest BCUT2D eigenvalue weighted by atomic mass is 16.5. The van der Waals surface area contributed by atoms with Crippen LogP contribution in [0.3, 0.4) is 0 Å². The van der Waals surface area contributed by atoms with Crippen LogP contribution in [-0.2, 0) is 18.3 Å². The Hall–Kier alpha value is -2.08. The van der Waals surface area contributed by atoms with Crippen LogP contribution in [0.15, 0.2) is 30.6 Å². The van der Waals surface area contributed by atoms with Gasteiger partial charge in [-0.2, -0.15) is 5.10 Å². The topological polar surface area (TPSA) is 55.2 Å². The summed E-state index contributed by atoms with van der Waals surface area (Å²) in [7, 11) is 1.94. The minimum Gasteiger partial charge on any atom is -0.378 e. The Morgan fingerprint density at radius 3 is 2.75 bits per heavy atom. The van der Waals surface area contributed by atoms with Crippen molar-refractivity contribution < 1.29 is 4.74 Å². The molecule has 2 aromatic heterocycles. The maximum atomic E-state index is 5.35. The van der Waals surface area contributed by atoms with Gasteiger partial charge in [0.15, 0.2) is 0 Å². The summed E-state index contributed by atoms with van der Waals surface area (Å²) in [5.74, 6) is 1.01. The zero-order valence-corrected chi connectivity index (χ0v) is 11.6. The molecule has 0 atom stereocenters. The Morgan fingerprint density at radius 2 is 2.10 bits per heavy atom. The predicted molar refractivity (Wildman–Crippen MR) is 77.8 cm³/mol. The molecule has 3 heterocycles. The fraction of sp³-hybridized carbons (Fsp3) is 0.429. The van der Waals surface area contributed by atoms with Crippen molar-refractivity contribution >= 4 is 11.5 Å². The van der Waals surface area contributed by atoms with Crippen LogP contribution >= 0.6 is 0 Å². The van der Waals surface area contributed by atoms with E-state index in [1.54, 1.807) is 6.20 Å². The van der Waals surface area contributed by atoms with E-state index in [1.807, 2.05) is 24.0 Å². The molecular formula is C14H19N5O. The third-order valence-electron chi connectivity index (χ3n) is 3.48. The fourth-order valence-corrected chi connectivity index (χ4v) is 2.24. The highest BCUT2D eigenvalue weighted by Crippen LogP contribution is 2.15. The van der Waals surface area contributed by atoms with Crippen LogP contribution < -0.4 is 10.2 Å². The zero-order chi connectivity index (χ0) is 13.8. The Bertz CT molecular complexity index is 545. The second-order valence-electron chi connectivity index (χ2n) is 4.80. The first kappa shape index (κ1) is 12.9. The summed E-state index contributed by atoms with van der Waals surface area (Å²) in [4.78, 5) is 6.75. The summed E-state index contributed by atoms with van der Waals surface area (Å²) < 4.78 is 7.21. The molecular weight excluding hydrogens is 254 g/mol. The number of aromatic nitrogens is 3. The van der Waals surface area contributed by atoms with E-state index in [0.29, 0.717) is 0 Å². The van der Waals surface area contributed by atoms with Gasteiger partial charge in [-0.25, -0.2) is 4.98 Å². The lowest BCUT2D eigenvalue weighted by atomic mass is 10.3. The Labute approximate surface area is 118 Å². The van der Waals surface area contributed by atoms with Crippen LogP contribution in [0.1, 0.15) is 5.69 Å². The molecule has 3 rings (SSSR count). The van der Waals surface area contributed by atoms with Gasteiger partial charge in [0, 0.05) is 26.3 Å². The summed E-state index contributed by atoms with van der Waals surface area (Å²) in [5.41, 5.74) is 2.16. The molecule has 1 fully saturated rings. The first-order valence-corrected chi connectivity index (χ1v) is 6.82. The van der Waals surface area contributed by atoms with Crippen LogP contribution in [0, 0.1) is 0 Å². The third kappa shape index (κ3) is 2.91. The second kappa shape index (κ2) is 5.92. The summed E-state index contributed by atoms with van der Waals surface area (Å²) in [6.07, 6.45) is 3.68. The molecule has 0 aliphatic carbocycles. The first-order valence-electron chi connectivity index (χ1n) is 6.82. The molecule has 1 aliphatic rings. The molecule has 1 N–H and O–H groups in total. The van der Waals surface area contributed by atoms with Gasteiger partial charge in [-0.3, -0.25) is 4.68 Å². The molecule has 0 bridgehead atoms. The Balaban J connectivity index is 1.59. The van der Waals surface area contributed by atoms with E-state index < -0.39 is 0 Å². The lowest BCUT2D eigenvalue weighted by Crippen LogP contribution is -2.36. The number of aryl methyl sites for hydroxylation is 1. The van der Waals surface area contributed by atoms with Gasteiger partial charge in [0.2, 0.25) is 0 Å². The summed E-state index contributed by atoms with van der Waals surface area (Å²) >= 11 is 0. The van der Waals surface area contributed by atoms with E-state index in [4.69, 9.17) is 4.74 Å². The zero-order valence-electron chi connectivity index (χ0n) is 11.6. The van der Waals surface area contributed by atoms with E-state index in [2.05, 4.69) is 32.4 Å². The molecule has 6 nitrogen and oxygen atoms in total. The summed E-state index contributed by atoms with van der Waals surface area (Å²) in [5, 5.41) is 7.50. The SMILES string of the molecule is Cn1nccc1CNc1ccc(N2CCOCC2)nc1. The minimum atomic E-state index is 0.745. The maximum Gasteiger partial charge on any atom is 0.128 e. The quantitative estimate of drug-likeness (QED) is 0.909. The van der Waals surface area contributed by atoms with Crippen molar-refractivity contribution in [2.24, 2.45) is 7.05 Å². The smallest absolute Gasteiger partial charge is 0.128 e. The van der Waals surface area contributed by atoms with Crippen molar-refractivity contribution in [3.63, 3.8) is 0 Å². The van der Waals surface area contributed by atoms with Crippen molar-refractivity contribution in [1.82, 2.24) is 14.8 Å². The average molecular weight is 273 g/mol. The van der Waals surface area contributed by atoms with Gasteiger partial charge in [-0.1, -0.05) is 0 Å². The molecule has 106 valence electrons. The molecule has 0 amide bonds. The monoisotopic (exact) mass is 273 g/mol. The van der Waals surface area contributed by atoms with Crippen molar-refractivity contribution in [2.45, 2.75) is 6.54 Å². The molecule has 0 saturated carbocycles. The van der Waals surface area contributed by atoms with Crippen molar-refractivity contribution in [1.29, 1.82) is 0 Å². The van der Waals surface area contributed by atoms with E-state index >= 15 is 0 Å². The summed E-state index contributed by atoms with van der Waals surface area (Å²) in [6.45, 7) is 4.13. The number of hydrogen-bond acceptors (Lipinski definition) is 5. The first-order chi connectivity index (χ1) is 9.83. The minimum absolute atomic E-state index is 0.745. The highest BCUT2D eigenvalue weighted by Gasteiger charge is 2.11. The van der Waals surface area contributed by atoms with Gasteiger partial charge in [0.1, 0.15) is 5.82 Å². The lowest BCUT2D eigenvalue weighted by molar-refractivity contribution is 0.122. The van der Waals surface area contributed by atoms with Gasteiger partial charge >= 0.3 is 0 Å². The van der Waals surface area contributed by atoms with Crippen LogP contribution in [-0.4, -0.2) is 41.1 Å². The Morgan fingerprint density at radius 1 is 1.25 bits per heavy atom. The van der Waals surface area contributed by atoms with Crippen LogP contribution in [0.4, 0.5) is 11.5 Å². The van der Waals surface area contributed by atoms with Crippen molar-refractivity contribution in [2.75, 3.05) is 36.5 Å². The number of morpholine rings is 1. The van der Waals surface area contributed by atoms with Crippen molar-refractivity contribution in [3.05, 3.63) is 36.3 Å². The number of anilines is 2. The average Bonchev–Trinajstić information content (AvgIpc) is 2.92. The number of nitrogens with one attached hydrogen (secondary N) is 1. The second-order valence-corrected chi connectivity index (χ2v) is 4.80. The van der Waals surface area contributed by atoms with Crippen LogP contribution in [0.5, 0.6) is 0 Å². The van der Waals surface area contributed by atoms with E-state index in [-0.39, 0.29) is 0 Å². The van der Waals surface area contributed by atoms with E-state index in [9.17, 15) is 0 Å². The molecule has 20 heavy (non-hydrogen) atoms. The normalized spacial score (nSPS) is 15.3. The molecule has 0 aromatic carbocycles. The molecule has 6 heteroatoms. The van der Waals surface area contributed by atoms with Gasteiger partial charge in [-0.05, 0) is 18.2 Å². The molecule has 0 unspecified atom stereocenters. The molecule has 2 aromatic rings. The summed E-state index contributed by atoms with van der Waals surface area (Å²) in [6, 6.07) is 6.12. The molecule has 1 saturated heterocycles. The molecule has 0 radical (unpaired) electrons. The molecule has 1 aliphatic heterocycles. The van der Waals surface area contributed by atoms with E-state index in [0.717, 1.165) is 50.0 Å². The number of nitrogens with zero attached hydrogens (tertiary/aromatic N) is 4. The fourth-order valence-electron chi connectivity index (χ4n) is 2.24. The largest absolute Gasteiger partial charge is 0.378 e. The van der Waals surface area contributed by atoms with Gasteiger partial charge in [-0.15, -0.1) is 0 Å². The van der Waals surface area contributed by atoms with Gasteiger partial charge < -0.3 is 15.0 Å². The Kier molecular flexibility index (Phi) is 3.83. The molecule has 0 spiro atoms. The third-order valence-corrected chi connectivity index (χ3v) is 3.48. The number of rotatable bonds is 4. The van der Waals surface area contributed by atoms with Gasteiger partial charge in [0.25, 0.3) is 0 Å². The number of pyridine rings is 1. The van der Waals surface area contributed by atoms with Crippen LogP contribution in [0.2, 0.25) is 0 Å². The predicted octanol–water partition coefficient (Wildman–Crippen LogP) is 1.26. The van der Waals surface area contributed by atoms with Crippen LogP contribution in [0.25, 0.3) is 0 Å². The van der Waals surface area contributed by atoms with Gasteiger partial charge in [0.05, 0.1) is 37.3 Å². The van der Waals surface area contributed by atoms with Crippen molar-refractivity contribution in [3.8, 4) is 0 Å². The standard InChI is InChI=1S/C14H19N5O/c1-18-13(4-5-17-18)11-15-12-2-3-14(16-10-12)19-6-8-20-9-7-19/h2-5,10,15H,6-9,11H2,1H3. The highest BCUT2D eigenvalue weighted by molar-refractivity contribution is 5.48. The lowest BCUT2D eigenvalue weighted by Gasteiger charge is -2.27. The van der Waals surface area contributed by atoms with E-state index in [1.165, 1.54) is 0 Å². The number of hydrogen-bond donors (Lipinski definition) is 1.